The molecule has 0 aliphatic rings. The fraction of sp³-hybridized carbons (Fsp3) is 0.643. The molecular formula is C14H22N4. The number of hydrogen-bond acceptors (Lipinski definition) is 3. The van der Waals surface area contributed by atoms with Gasteiger partial charge in [-0.3, -0.25) is 0 Å². The van der Waals surface area contributed by atoms with Crippen LogP contribution in [-0.2, 0) is 6.42 Å². The fourth-order valence-electron chi connectivity index (χ4n) is 2.22. The first-order chi connectivity index (χ1) is 8.81. The minimum atomic E-state index is 0.694. The van der Waals surface area contributed by atoms with Gasteiger partial charge in [-0.2, -0.15) is 10.1 Å². The molecule has 2 rings (SSSR count). The molecule has 2 aromatic rings. The molecule has 4 nitrogen and oxygen atoms in total. The zero-order valence-corrected chi connectivity index (χ0v) is 11.4. The molecule has 0 spiro atoms. The molecule has 0 aromatic carbocycles. The summed E-state index contributed by atoms with van der Waals surface area (Å²) in [6, 6.07) is 0. The zero-order valence-electron chi connectivity index (χ0n) is 11.4. The highest BCUT2D eigenvalue weighted by molar-refractivity contribution is 5.30. The van der Waals surface area contributed by atoms with Crippen LogP contribution in [0.25, 0.3) is 5.78 Å². The molecule has 0 aliphatic carbocycles. The average molecular weight is 246 g/mol. The Hall–Kier alpha value is -1.45. The maximum atomic E-state index is 4.45. The van der Waals surface area contributed by atoms with Gasteiger partial charge in [-0.25, -0.2) is 9.50 Å². The normalized spacial score (nSPS) is 11.2. The second-order valence-electron chi connectivity index (χ2n) is 4.87. The third-order valence-electron chi connectivity index (χ3n) is 3.36. The van der Waals surface area contributed by atoms with Crippen molar-refractivity contribution in [3.05, 3.63) is 23.8 Å². The second kappa shape index (κ2) is 6.47. The third kappa shape index (κ3) is 3.28. The Labute approximate surface area is 108 Å². The van der Waals surface area contributed by atoms with E-state index < -0.39 is 0 Å². The average Bonchev–Trinajstić information content (AvgIpc) is 2.80. The van der Waals surface area contributed by atoms with Gasteiger partial charge in [-0.05, 0) is 25.3 Å². The number of fused-ring (bicyclic) bond motifs is 1. The van der Waals surface area contributed by atoms with Gasteiger partial charge in [0, 0.05) is 11.9 Å². The molecule has 0 atom stereocenters. The van der Waals surface area contributed by atoms with E-state index in [1.54, 1.807) is 10.8 Å². The van der Waals surface area contributed by atoms with Gasteiger partial charge >= 0.3 is 0 Å². The molecule has 0 amide bonds. The van der Waals surface area contributed by atoms with Crippen molar-refractivity contribution in [1.29, 1.82) is 0 Å². The molecule has 4 heteroatoms. The number of aryl methyl sites for hydroxylation is 2. The second-order valence-corrected chi connectivity index (χ2v) is 4.87. The summed E-state index contributed by atoms with van der Waals surface area (Å²) in [5.74, 6) is 0.694. The number of unbranched alkanes of at least 4 members (excludes halogenated alkanes) is 5. The smallest absolute Gasteiger partial charge is 0.216 e. The van der Waals surface area contributed by atoms with Crippen molar-refractivity contribution in [3.8, 4) is 0 Å². The van der Waals surface area contributed by atoms with E-state index in [-0.39, 0.29) is 0 Å². The van der Waals surface area contributed by atoms with E-state index in [0.717, 1.165) is 12.1 Å². The van der Waals surface area contributed by atoms with Gasteiger partial charge in [0.2, 0.25) is 0 Å². The van der Waals surface area contributed by atoms with Gasteiger partial charge < -0.3 is 0 Å². The Kier molecular flexibility index (Phi) is 4.67. The molecule has 0 unspecified atom stereocenters. The lowest BCUT2D eigenvalue weighted by Crippen LogP contribution is -2.00. The molecule has 2 heterocycles. The van der Waals surface area contributed by atoms with Crippen LogP contribution in [0.1, 0.15) is 56.7 Å². The van der Waals surface area contributed by atoms with Gasteiger partial charge in [-0.15, -0.1) is 0 Å². The Morgan fingerprint density at radius 3 is 2.72 bits per heavy atom. The lowest BCUT2D eigenvalue weighted by atomic mass is 10.1. The van der Waals surface area contributed by atoms with Gasteiger partial charge in [-0.1, -0.05) is 39.0 Å². The Bertz CT molecular complexity index is 489. The van der Waals surface area contributed by atoms with Gasteiger partial charge in [0.1, 0.15) is 6.33 Å². The van der Waals surface area contributed by atoms with Crippen molar-refractivity contribution in [2.75, 3.05) is 0 Å². The number of aromatic nitrogens is 4. The first kappa shape index (κ1) is 13.0. The van der Waals surface area contributed by atoms with Crippen LogP contribution in [0.2, 0.25) is 0 Å². The number of nitrogens with zero attached hydrogens (tertiary/aromatic N) is 4. The van der Waals surface area contributed by atoms with Crippen molar-refractivity contribution in [2.24, 2.45) is 0 Å². The van der Waals surface area contributed by atoms with E-state index in [1.165, 1.54) is 44.1 Å². The highest BCUT2D eigenvalue weighted by Crippen LogP contribution is 2.12. The molecule has 18 heavy (non-hydrogen) atoms. The lowest BCUT2D eigenvalue weighted by Gasteiger charge is -2.05. The third-order valence-corrected chi connectivity index (χ3v) is 3.36. The molecule has 0 aliphatic heterocycles. The summed E-state index contributed by atoms with van der Waals surface area (Å²) < 4.78 is 1.76. The van der Waals surface area contributed by atoms with E-state index >= 15 is 0 Å². The quantitative estimate of drug-likeness (QED) is 0.704. The number of rotatable bonds is 7. The van der Waals surface area contributed by atoms with E-state index in [0.29, 0.717) is 5.78 Å². The van der Waals surface area contributed by atoms with Crippen LogP contribution in [0.15, 0.2) is 12.5 Å². The molecule has 2 aromatic heterocycles. The summed E-state index contributed by atoms with van der Waals surface area (Å²) in [4.78, 5) is 8.54. The fourth-order valence-corrected chi connectivity index (χ4v) is 2.22. The summed E-state index contributed by atoms with van der Waals surface area (Å²) in [5.41, 5.74) is 2.38. The predicted octanol–water partition coefficient (Wildman–Crippen LogP) is 3.34. The van der Waals surface area contributed by atoms with Crippen LogP contribution in [0.4, 0.5) is 0 Å². The standard InChI is InChI=1S/C14H22N4/c1-3-4-5-6-7-8-9-13-10-18-14(15-11-16-18)17-12(13)2/h10-11H,3-9H2,1-2H3. The van der Waals surface area contributed by atoms with Crippen LogP contribution < -0.4 is 0 Å². The molecule has 0 saturated carbocycles. The molecule has 98 valence electrons. The highest BCUT2D eigenvalue weighted by Gasteiger charge is 2.04. The summed E-state index contributed by atoms with van der Waals surface area (Å²) in [6.45, 7) is 4.31. The molecule has 0 bridgehead atoms. The maximum Gasteiger partial charge on any atom is 0.252 e. The lowest BCUT2D eigenvalue weighted by molar-refractivity contribution is 0.605. The topological polar surface area (TPSA) is 43.1 Å². The summed E-state index contributed by atoms with van der Waals surface area (Å²) in [6.07, 6.45) is 12.7. The SMILES string of the molecule is CCCCCCCCc1cn2ncnc2nc1C. The van der Waals surface area contributed by atoms with Crippen LogP contribution in [0, 0.1) is 6.92 Å². The van der Waals surface area contributed by atoms with E-state index in [9.17, 15) is 0 Å². The van der Waals surface area contributed by atoms with Gasteiger partial charge in [0.05, 0.1) is 0 Å². The van der Waals surface area contributed by atoms with Crippen LogP contribution >= 0.6 is 0 Å². The van der Waals surface area contributed by atoms with E-state index in [2.05, 4.69) is 35.1 Å². The zero-order chi connectivity index (χ0) is 12.8. The first-order valence-corrected chi connectivity index (χ1v) is 6.97. The molecule has 0 radical (unpaired) electrons. The van der Waals surface area contributed by atoms with Crippen molar-refractivity contribution >= 4 is 5.78 Å². The van der Waals surface area contributed by atoms with Crippen molar-refractivity contribution < 1.29 is 0 Å². The minimum Gasteiger partial charge on any atom is -0.216 e. The highest BCUT2D eigenvalue weighted by atomic mass is 15.3. The minimum absolute atomic E-state index is 0.694. The Balaban J connectivity index is 1.85. The van der Waals surface area contributed by atoms with Gasteiger partial charge in [0.25, 0.3) is 5.78 Å². The van der Waals surface area contributed by atoms with Crippen LogP contribution in [-0.4, -0.2) is 19.6 Å². The van der Waals surface area contributed by atoms with E-state index in [1.807, 2.05) is 0 Å². The van der Waals surface area contributed by atoms with Gasteiger partial charge in [0.15, 0.2) is 0 Å². The Morgan fingerprint density at radius 1 is 1.11 bits per heavy atom. The molecular weight excluding hydrogens is 224 g/mol. The number of hydrogen-bond donors (Lipinski definition) is 0. The van der Waals surface area contributed by atoms with E-state index in [4.69, 9.17) is 0 Å². The monoisotopic (exact) mass is 246 g/mol. The predicted molar refractivity (Wildman–Crippen MR) is 72.6 cm³/mol. The Morgan fingerprint density at radius 2 is 1.89 bits per heavy atom. The summed E-state index contributed by atoms with van der Waals surface area (Å²) in [5, 5.41) is 4.13. The first-order valence-electron chi connectivity index (χ1n) is 6.97. The largest absolute Gasteiger partial charge is 0.252 e. The van der Waals surface area contributed by atoms with Crippen LogP contribution in [0.3, 0.4) is 0 Å². The molecule has 0 saturated heterocycles. The molecule has 0 N–H and O–H groups in total. The van der Waals surface area contributed by atoms with Crippen molar-refractivity contribution in [3.63, 3.8) is 0 Å². The van der Waals surface area contributed by atoms with Crippen molar-refractivity contribution in [2.45, 2.75) is 58.8 Å². The van der Waals surface area contributed by atoms with Crippen molar-refractivity contribution in [1.82, 2.24) is 19.6 Å². The summed E-state index contributed by atoms with van der Waals surface area (Å²) in [7, 11) is 0. The molecule has 0 fully saturated rings. The summed E-state index contributed by atoms with van der Waals surface area (Å²) >= 11 is 0. The van der Waals surface area contributed by atoms with Crippen LogP contribution in [0.5, 0.6) is 0 Å². The maximum absolute atomic E-state index is 4.45.